The van der Waals surface area contributed by atoms with Crippen molar-refractivity contribution in [2.75, 3.05) is 4.72 Å². The van der Waals surface area contributed by atoms with Gasteiger partial charge < -0.3 is 0 Å². The van der Waals surface area contributed by atoms with Gasteiger partial charge in [-0.25, -0.2) is 8.42 Å². The molecule has 2 rings (SSSR count). The second kappa shape index (κ2) is 5.99. The number of hydrogen-bond donors (Lipinski definition) is 1. The van der Waals surface area contributed by atoms with Crippen LogP contribution in [0.1, 0.15) is 22.8 Å². The molecule has 0 aromatic heterocycles. The van der Waals surface area contributed by atoms with E-state index >= 15 is 0 Å². The lowest BCUT2D eigenvalue weighted by atomic mass is 10.1. The van der Waals surface area contributed by atoms with Crippen LogP contribution < -0.4 is 4.72 Å². The number of nitrogens with one attached hydrogen (secondary N) is 1. The summed E-state index contributed by atoms with van der Waals surface area (Å²) in [5.74, 6) is -0.0881. The van der Waals surface area contributed by atoms with Crippen molar-refractivity contribution in [3.05, 3.63) is 58.1 Å². The average molecular weight is 368 g/mol. The Hall–Kier alpha value is -1.66. The van der Waals surface area contributed by atoms with Gasteiger partial charge in [0, 0.05) is 15.7 Å². The number of Topliss-reactive ketones (excluding diaryl/α,β-unsaturated/α-hetero) is 1. The van der Waals surface area contributed by atoms with Gasteiger partial charge in [0.2, 0.25) is 0 Å². The highest BCUT2D eigenvalue weighted by atomic mass is 79.9. The molecule has 0 unspecified atom stereocenters. The van der Waals surface area contributed by atoms with Crippen LogP contribution in [0.25, 0.3) is 0 Å². The molecule has 4 nitrogen and oxygen atoms in total. The summed E-state index contributed by atoms with van der Waals surface area (Å²) in [5, 5.41) is 0. The molecule has 0 aliphatic rings. The molecule has 0 atom stereocenters. The molecule has 0 aliphatic heterocycles. The predicted molar refractivity (Wildman–Crippen MR) is 86.1 cm³/mol. The van der Waals surface area contributed by atoms with Crippen molar-refractivity contribution in [1.82, 2.24) is 0 Å². The molecule has 0 saturated heterocycles. The normalized spacial score (nSPS) is 11.2. The van der Waals surface area contributed by atoms with Gasteiger partial charge in [0.05, 0.1) is 4.90 Å². The topological polar surface area (TPSA) is 63.2 Å². The van der Waals surface area contributed by atoms with Gasteiger partial charge in [-0.15, -0.1) is 0 Å². The molecule has 0 aliphatic carbocycles. The van der Waals surface area contributed by atoms with Crippen LogP contribution in [0.4, 0.5) is 5.69 Å². The van der Waals surface area contributed by atoms with Gasteiger partial charge >= 0.3 is 0 Å². The van der Waals surface area contributed by atoms with Crippen molar-refractivity contribution in [2.24, 2.45) is 0 Å². The lowest BCUT2D eigenvalue weighted by molar-refractivity contribution is 0.101. The first-order valence-electron chi connectivity index (χ1n) is 6.19. The highest BCUT2D eigenvalue weighted by Crippen LogP contribution is 2.24. The largest absolute Gasteiger partial charge is 0.294 e. The molecular weight excluding hydrogens is 354 g/mol. The lowest BCUT2D eigenvalue weighted by Gasteiger charge is -2.10. The van der Waals surface area contributed by atoms with E-state index in [9.17, 15) is 13.2 Å². The monoisotopic (exact) mass is 367 g/mol. The molecule has 1 N–H and O–H groups in total. The maximum atomic E-state index is 12.2. The van der Waals surface area contributed by atoms with E-state index < -0.39 is 10.0 Å². The summed E-state index contributed by atoms with van der Waals surface area (Å²) in [7, 11) is -3.64. The predicted octanol–water partition coefficient (Wildman–Crippen LogP) is 3.76. The highest BCUT2D eigenvalue weighted by molar-refractivity contribution is 9.10. The molecule has 2 aromatic rings. The first kappa shape index (κ1) is 15.7. The van der Waals surface area contributed by atoms with E-state index in [1.165, 1.54) is 6.92 Å². The Morgan fingerprint density at radius 1 is 1.10 bits per heavy atom. The number of ketones is 1. The average Bonchev–Trinajstić information content (AvgIpc) is 2.38. The van der Waals surface area contributed by atoms with E-state index in [0.29, 0.717) is 15.7 Å². The fourth-order valence-electron chi connectivity index (χ4n) is 1.80. The summed E-state index contributed by atoms with van der Waals surface area (Å²) >= 11 is 3.27. The molecule has 21 heavy (non-hydrogen) atoms. The number of sulfonamides is 1. The quantitative estimate of drug-likeness (QED) is 0.836. The molecule has 0 heterocycles. The lowest BCUT2D eigenvalue weighted by Crippen LogP contribution is -2.13. The number of anilines is 1. The van der Waals surface area contributed by atoms with Crippen LogP contribution in [0.15, 0.2) is 51.8 Å². The Kier molecular flexibility index (Phi) is 4.49. The molecule has 0 saturated carbocycles. The van der Waals surface area contributed by atoms with Gasteiger partial charge in [-0.05, 0) is 60.1 Å². The van der Waals surface area contributed by atoms with Crippen molar-refractivity contribution < 1.29 is 13.2 Å². The molecule has 0 bridgehead atoms. The minimum absolute atomic E-state index is 0.0881. The van der Waals surface area contributed by atoms with E-state index in [-0.39, 0.29) is 10.7 Å². The standard InChI is InChI=1S/C15H14BrNO3S/c1-10-3-6-13(7-4-10)21(19,20)17-12-5-8-14(11(2)18)15(16)9-12/h3-9,17H,1-2H3. The number of rotatable bonds is 4. The minimum atomic E-state index is -3.64. The zero-order valence-electron chi connectivity index (χ0n) is 11.6. The Bertz CT molecular complexity index is 783. The van der Waals surface area contributed by atoms with Gasteiger partial charge in [-0.2, -0.15) is 0 Å². The third-order valence-electron chi connectivity index (χ3n) is 2.93. The van der Waals surface area contributed by atoms with Crippen LogP contribution in [-0.4, -0.2) is 14.2 Å². The highest BCUT2D eigenvalue weighted by Gasteiger charge is 2.15. The van der Waals surface area contributed by atoms with Crippen molar-refractivity contribution in [2.45, 2.75) is 18.7 Å². The van der Waals surface area contributed by atoms with E-state index in [1.807, 2.05) is 6.92 Å². The molecule has 110 valence electrons. The third kappa shape index (κ3) is 3.71. The summed E-state index contributed by atoms with van der Waals surface area (Å²) in [5.41, 5.74) is 1.89. The van der Waals surface area contributed by atoms with Gasteiger partial charge in [-0.3, -0.25) is 9.52 Å². The number of aryl methyl sites for hydroxylation is 1. The van der Waals surface area contributed by atoms with Crippen molar-refractivity contribution in [3.8, 4) is 0 Å². The van der Waals surface area contributed by atoms with E-state index in [2.05, 4.69) is 20.7 Å². The Labute approximate surface area is 132 Å². The minimum Gasteiger partial charge on any atom is -0.294 e. The first-order valence-corrected chi connectivity index (χ1v) is 8.47. The van der Waals surface area contributed by atoms with Crippen molar-refractivity contribution in [1.29, 1.82) is 0 Å². The molecule has 0 spiro atoms. The van der Waals surface area contributed by atoms with Gasteiger partial charge in [0.1, 0.15) is 0 Å². The molecular formula is C15H14BrNO3S. The van der Waals surface area contributed by atoms with E-state index in [0.717, 1.165) is 5.56 Å². The van der Waals surface area contributed by atoms with Crippen LogP contribution >= 0.6 is 15.9 Å². The van der Waals surface area contributed by atoms with Crippen molar-refractivity contribution >= 4 is 37.4 Å². The van der Waals surface area contributed by atoms with Crippen LogP contribution in [0, 0.1) is 6.92 Å². The van der Waals surface area contributed by atoms with Crippen molar-refractivity contribution in [3.63, 3.8) is 0 Å². The number of hydrogen-bond acceptors (Lipinski definition) is 3. The third-order valence-corrected chi connectivity index (χ3v) is 4.99. The van der Waals surface area contributed by atoms with Gasteiger partial charge in [0.15, 0.2) is 5.78 Å². The first-order chi connectivity index (χ1) is 9.79. The van der Waals surface area contributed by atoms with Gasteiger partial charge in [0.25, 0.3) is 10.0 Å². The number of halogens is 1. The summed E-state index contributed by atoms with van der Waals surface area (Å²) < 4.78 is 27.5. The Balaban J connectivity index is 2.31. The SMILES string of the molecule is CC(=O)c1ccc(NS(=O)(=O)c2ccc(C)cc2)cc1Br. The molecule has 0 fully saturated rings. The fraction of sp³-hybridized carbons (Fsp3) is 0.133. The van der Waals surface area contributed by atoms with Crippen LogP contribution in [0.2, 0.25) is 0 Å². The summed E-state index contributed by atoms with van der Waals surface area (Å²) in [6, 6.07) is 11.3. The summed E-state index contributed by atoms with van der Waals surface area (Å²) in [4.78, 5) is 11.5. The van der Waals surface area contributed by atoms with Crippen LogP contribution in [0.3, 0.4) is 0 Å². The number of carbonyl (C=O) groups is 1. The van der Waals surface area contributed by atoms with Gasteiger partial charge in [-0.1, -0.05) is 17.7 Å². The molecule has 0 amide bonds. The fourth-order valence-corrected chi connectivity index (χ4v) is 3.50. The maximum Gasteiger partial charge on any atom is 0.261 e. The van der Waals surface area contributed by atoms with E-state index in [1.54, 1.807) is 42.5 Å². The molecule has 0 radical (unpaired) electrons. The zero-order valence-corrected chi connectivity index (χ0v) is 14.0. The molecule has 6 heteroatoms. The van der Waals surface area contributed by atoms with E-state index in [4.69, 9.17) is 0 Å². The van der Waals surface area contributed by atoms with Crippen LogP contribution in [0.5, 0.6) is 0 Å². The molecule has 2 aromatic carbocycles. The zero-order chi connectivity index (χ0) is 15.6. The summed E-state index contributed by atoms with van der Waals surface area (Å²) in [6.07, 6.45) is 0. The second-order valence-corrected chi connectivity index (χ2v) is 7.21. The Morgan fingerprint density at radius 3 is 2.24 bits per heavy atom. The summed E-state index contributed by atoms with van der Waals surface area (Å²) in [6.45, 7) is 3.34. The number of carbonyl (C=O) groups excluding carboxylic acids is 1. The second-order valence-electron chi connectivity index (χ2n) is 4.67. The smallest absolute Gasteiger partial charge is 0.261 e. The maximum absolute atomic E-state index is 12.2. The van der Waals surface area contributed by atoms with Crippen LogP contribution in [-0.2, 0) is 10.0 Å². The number of benzene rings is 2. The Morgan fingerprint density at radius 2 is 1.71 bits per heavy atom.